The Morgan fingerprint density at radius 3 is 2.38 bits per heavy atom. The van der Waals surface area contributed by atoms with E-state index < -0.39 is 11.7 Å². The molecule has 1 aliphatic heterocycles. The van der Waals surface area contributed by atoms with Gasteiger partial charge < -0.3 is 5.32 Å². The average molecular weight is 298 g/mol. The standard InChI is InChI=1S/C16H21F3N2/c1-21-9-8-12(10-20-14-6-7-14)15(21)11-2-4-13(5-3-11)16(17,18)19/h2-5,12,14-15,20H,6-10H2,1H3. The lowest BCUT2D eigenvalue weighted by atomic mass is 9.93. The van der Waals surface area contributed by atoms with E-state index in [4.69, 9.17) is 0 Å². The molecule has 0 radical (unpaired) electrons. The van der Waals surface area contributed by atoms with Crippen molar-refractivity contribution in [2.45, 2.75) is 37.5 Å². The van der Waals surface area contributed by atoms with E-state index in [0.29, 0.717) is 12.0 Å². The van der Waals surface area contributed by atoms with Crippen LogP contribution in [0.3, 0.4) is 0 Å². The predicted molar refractivity (Wildman–Crippen MR) is 75.9 cm³/mol. The van der Waals surface area contributed by atoms with Crippen LogP contribution in [0.2, 0.25) is 0 Å². The van der Waals surface area contributed by atoms with Crippen LogP contribution in [0.4, 0.5) is 13.2 Å². The molecule has 21 heavy (non-hydrogen) atoms. The smallest absolute Gasteiger partial charge is 0.314 e. The summed E-state index contributed by atoms with van der Waals surface area (Å²) in [6.07, 6.45) is -0.643. The Bertz CT molecular complexity index is 479. The zero-order valence-corrected chi connectivity index (χ0v) is 12.2. The number of nitrogens with one attached hydrogen (secondary N) is 1. The van der Waals surface area contributed by atoms with Gasteiger partial charge in [-0.3, -0.25) is 4.90 Å². The SMILES string of the molecule is CN1CCC(CNC2CC2)C1c1ccc(C(F)(F)F)cc1. The van der Waals surface area contributed by atoms with E-state index in [1.54, 1.807) is 12.1 Å². The van der Waals surface area contributed by atoms with Crippen molar-refractivity contribution in [2.75, 3.05) is 20.1 Å². The van der Waals surface area contributed by atoms with Gasteiger partial charge in [0.15, 0.2) is 0 Å². The Morgan fingerprint density at radius 1 is 1.14 bits per heavy atom. The van der Waals surface area contributed by atoms with Crippen molar-refractivity contribution in [1.29, 1.82) is 0 Å². The van der Waals surface area contributed by atoms with Crippen molar-refractivity contribution >= 4 is 0 Å². The zero-order valence-electron chi connectivity index (χ0n) is 12.2. The second-order valence-electron chi connectivity index (χ2n) is 6.28. The molecule has 1 saturated carbocycles. The molecule has 5 heteroatoms. The first-order valence-electron chi connectivity index (χ1n) is 7.56. The molecule has 2 fully saturated rings. The van der Waals surface area contributed by atoms with E-state index in [-0.39, 0.29) is 6.04 Å². The first-order valence-corrected chi connectivity index (χ1v) is 7.56. The minimum absolute atomic E-state index is 0.221. The van der Waals surface area contributed by atoms with Crippen LogP contribution in [0.25, 0.3) is 0 Å². The normalized spacial score (nSPS) is 27.2. The van der Waals surface area contributed by atoms with Crippen LogP contribution in [0.5, 0.6) is 0 Å². The van der Waals surface area contributed by atoms with Gasteiger partial charge in [0.2, 0.25) is 0 Å². The number of hydrogen-bond acceptors (Lipinski definition) is 2. The molecule has 0 bridgehead atoms. The molecular formula is C16H21F3N2. The highest BCUT2D eigenvalue weighted by atomic mass is 19.4. The number of nitrogens with zero attached hydrogens (tertiary/aromatic N) is 1. The van der Waals surface area contributed by atoms with Crippen molar-refractivity contribution in [3.05, 3.63) is 35.4 Å². The third-order valence-corrected chi connectivity index (χ3v) is 4.60. The van der Waals surface area contributed by atoms with Crippen molar-refractivity contribution in [2.24, 2.45) is 5.92 Å². The van der Waals surface area contributed by atoms with Gasteiger partial charge in [-0.2, -0.15) is 13.2 Å². The lowest BCUT2D eigenvalue weighted by Crippen LogP contribution is -2.29. The van der Waals surface area contributed by atoms with Gasteiger partial charge in [0.25, 0.3) is 0 Å². The number of rotatable bonds is 4. The van der Waals surface area contributed by atoms with Gasteiger partial charge in [0, 0.05) is 18.6 Å². The minimum atomic E-state index is -4.26. The van der Waals surface area contributed by atoms with E-state index in [2.05, 4.69) is 17.3 Å². The summed E-state index contributed by atoms with van der Waals surface area (Å²) in [6.45, 7) is 1.96. The molecule has 1 heterocycles. The monoisotopic (exact) mass is 298 g/mol. The number of hydrogen-bond donors (Lipinski definition) is 1. The van der Waals surface area contributed by atoms with Crippen molar-refractivity contribution in [1.82, 2.24) is 10.2 Å². The molecule has 3 rings (SSSR count). The third-order valence-electron chi connectivity index (χ3n) is 4.60. The molecule has 1 aliphatic carbocycles. The topological polar surface area (TPSA) is 15.3 Å². The first kappa shape index (κ1) is 14.9. The molecular weight excluding hydrogens is 277 g/mol. The van der Waals surface area contributed by atoms with Crippen LogP contribution in [0.1, 0.15) is 36.4 Å². The molecule has 1 saturated heterocycles. The number of alkyl halides is 3. The zero-order chi connectivity index (χ0) is 15.0. The van der Waals surface area contributed by atoms with Gasteiger partial charge in [-0.15, -0.1) is 0 Å². The maximum absolute atomic E-state index is 12.6. The highest BCUT2D eigenvalue weighted by molar-refractivity contribution is 5.28. The highest BCUT2D eigenvalue weighted by Gasteiger charge is 2.35. The Labute approximate surface area is 123 Å². The molecule has 0 amide bonds. The third kappa shape index (κ3) is 3.40. The lowest BCUT2D eigenvalue weighted by molar-refractivity contribution is -0.137. The summed E-state index contributed by atoms with van der Waals surface area (Å²) in [7, 11) is 2.06. The largest absolute Gasteiger partial charge is 0.416 e. The summed E-state index contributed by atoms with van der Waals surface area (Å²) in [4.78, 5) is 2.25. The van der Waals surface area contributed by atoms with Crippen LogP contribution in [-0.2, 0) is 6.18 Å². The van der Waals surface area contributed by atoms with E-state index >= 15 is 0 Å². The fourth-order valence-electron chi connectivity index (χ4n) is 3.24. The summed E-state index contributed by atoms with van der Waals surface area (Å²) in [5.41, 5.74) is 0.421. The maximum Gasteiger partial charge on any atom is 0.416 e. The van der Waals surface area contributed by atoms with E-state index in [9.17, 15) is 13.2 Å². The van der Waals surface area contributed by atoms with Gasteiger partial charge in [-0.25, -0.2) is 0 Å². The number of halogens is 3. The van der Waals surface area contributed by atoms with Crippen LogP contribution < -0.4 is 5.32 Å². The van der Waals surface area contributed by atoms with Gasteiger partial charge in [0.05, 0.1) is 5.56 Å². The van der Waals surface area contributed by atoms with Crippen molar-refractivity contribution in [3.63, 3.8) is 0 Å². The van der Waals surface area contributed by atoms with E-state index in [0.717, 1.165) is 25.1 Å². The minimum Gasteiger partial charge on any atom is -0.314 e. The molecule has 116 valence electrons. The van der Waals surface area contributed by atoms with Crippen LogP contribution in [0.15, 0.2) is 24.3 Å². The second-order valence-corrected chi connectivity index (χ2v) is 6.28. The van der Waals surface area contributed by atoms with Crippen molar-refractivity contribution < 1.29 is 13.2 Å². The summed E-state index contributed by atoms with van der Waals surface area (Å²) in [5.74, 6) is 0.479. The highest BCUT2D eigenvalue weighted by Crippen LogP contribution is 2.37. The molecule has 0 aromatic heterocycles. The maximum atomic E-state index is 12.6. The van der Waals surface area contributed by atoms with E-state index in [1.165, 1.54) is 25.0 Å². The van der Waals surface area contributed by atoms with Crippen LogP contribution >= 0.6 is 0 Å². The van der Waals surface area contributed by atoms with Gasteiger partial charge in [0.1, 0.15) is 0 Å². The Morgan fingerprint density at radius 2 is 1.81 bits per heavy atom. The molecule has 2 unspecified atom stereocenters. The van der Waals surface area contributed by atoms with Gasteiger partial charge in [-0.05, 0) is 56.5 Å². The number of benzene rings is 1. The fraction of sp³-hybridized carbons (Fsp3) is 0.625. The molecule has 1 aromatic rings. The predicted octanol–water partition coefficient (Wildman–Crippen LogP) is 3.45. The molecule has 1 aromatic carbocycles. The van der Waals surface area contributed by atoms with Gasteiger partial charge in [-0.1, -0.05) is 12.1 Å². The number of likely N-dealkylation sites (tertiary alicyclic amines) is 1. The molecule has 0 spiro atoms. The molecule has 2 nitrogen and oxygen atoms in total. The molecule has 2 aliphatic rings. The first-order chi connectivity index (χ1) is 9.95. The summed E-state index contributed by atoms with van der Waals surface area (Å²) in [6, 6.07) is 6.57. The average Bonchev–Trinajstić information content (AvgIpc) is 3.19. The molecule has 2 atom stereocenters. The van der Waals surface area contributed by atoms with Crippen LogP contribution in [0, 0.1) is 5.92 Å². The van der Waals surface area contributed by atoms with Gasteiger partial charge >= 0.3 is 6.18 Å². The van der Waals surface area contributed by atoms with Crippen LogP contribution in [-0.4, -0.2) is 31.1 Å². The quantitative estimate of drug-likeness (QED) is 0.916. The molecule has 1 N–H and O–H groups in total. The Hall–Kier alpha value is -1.07. The van der Waals surface area contributed by atoms with E-state index in [1.807, 2.05) is 0 Å². The lowest BCUT2D eigenvalue weighted by Gasteiger charge is -2.26. The fourth-order valence-corrected chi connectivity index (χ4v) is 3.24. The van der Waals surface area contributed by atoms with Crippen molar-refractivity contribution in [3.8, 4) is 0 Å². The Kier molecular flexibility index (Phi) is 3.97. The summed E-state index contributed by atoms with van der Waals surface area (Å²) in [5, 5.41) is 3.55. The second kappa shape index (κ2) is 5.61. The summed E-state index contributed by atoms with van der Waals surface area (Å²) < 4.78 is 37.9. The Balaban J connectivity index is 1.72. The summed E-state index contributed by atoms with van der Waals surface area (Å²) >= 11 is 0.